The van der Waals surface area contributed by atoms with Crippen LogP contribution in [0.2, 0.25) is 0 Å². The average molecular weight is 211 g/mol. The minimum Gasteiger partial charge on any atom is -0.461 e. The van der Waals surface area contributed by atoms with Crippen molar-refractivity contribution in [3.8, 4) is 0 Å². The van der Waals surface area contributed by atoms with Gasteiger partial charge >= 0.3 is 5.97 Å². The van der Waals surface area contributed by atoms with Crippen LogP contribution in [0, 0.1) is 11.9 Å². The number of hydrogen-bond donors (Lipinski definition) is 0. The number of carbonyl (C=O) groups excluding carboxylic acids is 1. The lowest BCUT2D eigenvalue weighted by Gasteiger charge is -2.05. The van der Waals surface area contributed by atoms with E-state index in [9.17, 15) is 9.18 Å². The Morgan fingerprint density at radius 1 is 1.53 bits per heavy atom. The molecule has 1 heterocycles. The predicted octanol–water partition coefficient (Wildman–Crippen LogP) is 2.42. The summed E-state index contributed by atoms with van der Waals surface area (Å²) in [6.07, 6.45) is 0.793. The molecule has 0 saturated heterocycles. The van der Waals surface area contributed by atoms with Crippen molar-refractivity contribution in [3.05, 3.63) is 29.8 Å². The number of ether oxygens (including phenoxy) is 1. The van der Waals surface area contributed by atoms with Gasteiger partial charge in [0.2, 0.25) is 5.95 Å². The summed E-state index contributed by atoms with van der Waals surface area (Å²) < 4.78 is 17.6. The zero-order chi connectivity index (χ0) is 11.3. The molecule has 1 aromatic rings. The van der Waals surface area contributed by atoms with Crippen LogP contribution in [-0.2, 0) is 4.74 Å². The van der Waals surface area contributed by atoms with Gasteiger partial charge in [0.25, 0.3) is 0 Å². The van der Waals surface area contributed by atoms with E-state index in [2.05, 4.69) is 4.98 Å². The van der Waals surface area contributed by atoms with Gasteiger partial charge in [0.05, 0.1) is 6.61 Å². The van der Waals surface area contributed by atoms with E-state index in [1.807, 2.05) is 13.8 Å². The van der Waals surface area contributed by atoms with Crippen LogP contribution in [0.15, 0.2) is 18.2 Å². The summed E-state index contributed by atoms with van der Waals surface area (Å²) >= 11 is 0. The van der Waals surface area contributed by atoms with E-state index < -0.39 is 11.9 Å². The zero-order valence-corrected chi connectivity index (χ0v) is 8.87. The van der Waals surface area contributed by atoms with Gasteiger partial charge in [-0.2, -0.15) is 4.39 Å². The monoisotopic (exact) mass is 211 g/mol. The lowest BCUT2D eigenvalue weighted by atomic mass is 10.1. The highest BCUT2D eigenvalue weighted by Gasteiger charge is 2.09. The number of nitrogens with zero attached hydrogens (tertiary/aromatic N) is 1. The predicted molar refractivity (Wildman–Crippen MR) is 53.9 cm³/mol. The summed E-state index contributed by atoms with van der Waals surface area (Å²) in [5, 5.41) is 0. The van der Waals surface area contributed by atoms with Gasteiger partial charge in [-0.05, 0) is 24.5 Å². The molecule has 0 aliphatic rings. The lowest BCUT2D eigenvalue weighted by molar-refractivity contribution is 0.0480. The molecule has 82 valence electrons. The molecule has 0 aliphatic carbocycles. The summed E-state index contributed by atoms with van der Waals surface area (Å²) in [5.41, 5.74) is 0.0127. The Hall–Kier alpha value is -1.45. The van der Waals surface area contributed by atoms with E-state index >= 15 is 0 Å². The molecule has 0 saturated carbocycles. The lowest BCUT2D eigenvalue weighted by Crippen LogP contribution is -2.10. The summed E-state index contributed by atoms with van der Waals surface area (Å²) in [4.78, 5) is 14.8. The Kier molecular flexibility index (Phi) is 4.21. The summed E-state index contributed by atoms with van der Waals surface area (Å²) in [7, 11) is 0. The largest absolute Gasteiger partial charge is 0.461 e. The fourth-order valence-corrected chi connectivity index (χ4v) is 0.983. The number of carbonyl (C=O) groups is 1. The third-order valence-corrected chi connectivity index (χ3v) is 1.85. The first-order chi connectivity index (χ1) is 7.09. The smallest absolute Gasteiger partial charge is 0.357 e. The van der Waals surface area contributed by atoms with Crippen molar-refractivity contribution in [3.63, 3.8) is 0 Å². The van der Waals surface area contributed by atoms with Gasteiger partial charge in [-0.1, -0.05) is 19.9 Å². The quantitative estimate of drug-likeness (QED) is 0.567. The average Bonchev–Trinajstić information content (AvgIpc) is 2.17. The zero-order valence-electron chi connectivity index (χ0n) is 8.87. The third kappa shape index (κ3) is 4.06. The van der Waals surface area contributed by atoms with Crippen molar-refractivity contribution in [2.45, 2.75) is 20.3 Å². The fourth-order valence-electron chi connectivity index (χ4n) is 0.983. The summed E-state index contributed by atoms with van der Waals surface area (Å²) in [5.74, 6) is -0.776. The van der Waals surface area contributed by atoms with E-state index in [0.29, 0.717) is 12.5 Å². The standard InChI is InChI=1S/C11H14FNO2/c1-8(2)6-7-15-11(14)9-4-3-5-10(12)13-9/h3-5,8H,6-7H2,1-2H3. The van der Waals surface area contributed by atoms with Crippen LogP contribution in [-0.4, -0.2) is 17.6 Å². The second kappa shape index (κ2) is 5.44. The molecule has 0 spiro atoms. The topological polar surface area (TPSA) is 39.2 Å². The highest BCUT2D eigenvalue weighted by Crippen LogP contribution is 2.03. The minimum atomic E-state index is -0.673. The van der Waals surface area contributed by atoms with Gasteiger partial charge in [0.15, 0.2) is 5.69 Å². The van der Waals surface area contributed by atoms with Crippen LogP contribution < -0.4 is 0 Å². The molecule has 0 aliphatic heterocycles. The van der Waals surface area contributed by atoms with Gasteiger partial charge in [-0.15, -0.1) is 0 Å². The van der Waals surface area contributed by atoms with Crippen molar-refractivity contribution in [2.24, 2.45) is 5.92 Å². The molecular weight excluding hydrogens is 197 g/mol. The molecule has 0 bridgehead atoms. The molecule has 3 nitrogen and oxygen atoms in total. The van der Waals surface area contributed by atoms with Crippen LogP contribution in [0.1, 0.15) is 30.8 Å². The maximum Gasteiger partial charge on any atom is 0.357 e. The number of esters is 1. The first-order valence-electron chi connectivity index (χ1n) is 4.89. The Morgan fingerprint density at radius 2 is 2.27 bits per heavy atom. The van der Waals surface area contributed by atoms with Gasteiger partial charge in [-0.3, -0.25) is 0 Å². The molecule has 0 unspecified atom stereocenters. The van der Waals surface area contributed by atoms with Gasteiger partial charge < -0.3 is 4.74 Å². The fraction of sp³-hybridized carbons (Fsp3) is 0.455. The highest BCUT2D eigenvalue weighted by atomic mass is 19.1. The van der Waals surface area contributed by atoms with Crippen LogP contribution in [0.3, 0.4) is 0 Å². The van der Waals surface area contributed by atoms with E-state index in [4.69, 9.17) is 4.74 Å². The van der Waals surface area contributed by atoms with E-state index in [0.717, 1.165) is 6.42 Å². The highest BCUT2D eigenvalue weighted by molar-refractivity contribution is 5.87. The van der Waals surface area contributed by atoms with Gasteiger partial charge in [-0.25, -0.2) is 9.78 Å². The maximum atomic E-state index is 12.7. The van der Waals surface area contributed by atoms with Crippen LogP contribution in [0.5, 0.6) is 0 Å². The molecule has 0 amide bonds. The minimum absolute atomic E-state index is 0.0127. The third-order valence-electron chi connectivity index (χ3n) is 1.85. The van der Waals surface area contributed by atoms with Gasteiger partial charge in [0, 0.05) is 0 Å². The number of halogens is 1. The Labute approximate surface area is 88.3 Å². The molecule has 4 heteroatoms. The van der Waals surface area contributed by atoms with E-state index in [1.54, 1.807) is 0 Å². The molecule has 15 heavy (non-hydrogen) atoms. The second-order valence-corrected chi connectivity index (χ2v) is 3.66. The Balaban J connectivity index is 2.47. The normalized spacial score (nSPS) is 10.4. The Morgan fingerprint density at radius 3 is 2.87 bits per heavy atom. The molecule has 0 aromatic carbocycles. The molecule has 1 aromatic heterocycles. The molecule has 0 radical (unpaired) electrons. The first kappa shape index (κ1) is 11.6. The van der Waals surface area contributed by atoms with Crippen LogP contribution in [0.4, 0.5) is 4.39 Å². The van der Waals surface area contributed by atoms with Crippen LogP contribution in [0.25, 0.3) is 0 Å². The van der Waals surface area contributed by atoms with E-state index in [1.165, 1.54) is 18.2 Å². The molecular formula is C11H14FNO2. The van der Waals surface area contributed by atoms with Crippen molar-refractivity contribution in [1.29, 1.82) is 0 Å². The molecule has 0 atom stereocenters. The maximum absolute atomic E-state index is 12.7. The summed E-state index contributed by atoms with van der Waals surface area (Å²) in [6, 6.07) is 4.05. The number of aromatic nitrogens is 1. The van der Waals surface area contributed by atoms with Gasteiger partial charge in [0.1, 0.15) is 0 Å². The molecule has 0 N–H and O–H groups in total. The van der Waals surface area contributed by atoms with Crippen molar-refractivity contribution in [1.82, 2.24) is 4.98 Å². The first-order valence-corrected chi connectivity index (χ1v) is 4.89. The Bertz CT molecular complexity index is 339. The number of rotatable bonds is 4. The molecule has 1 rings (SSSR count). The molecule has 0 fully saturated rings. The van der Waals surface area contributed by atoms with E-state index in [-0.39, 0.29) is 5.69 Å². The van der Waals surface area contributed by atoms with Crippen molar-refractivity contribution in [2.75, 3.05) is 6.61 Å². The second-order valence-electron chi connectivity index (χ2n) is 3.66. The van der Waals surface area contributed by atoms with Crippen molar-refractivity contribution < 1.29 is 13.9 Å². The van der Waals surface area contributed by atoms with Crippen LogP contribution >= 0.6 is 0 Å². The number of hydrogen-bond acceptors (Lipinski definition) is 3. The number of pyridine rings is 1. The summed E-state index contributed by atoms with van der Waals surface area (Å²) in [6.45, 7) is 4.41. The van der Waals surface area contributed by atoms with Crippen molar-refractivity contribution >= 4 is 5.97 Å². The SMILES string of the molecule is CC(C)CCOC(=O)c1cccc(F)n1.